The van der Waals surface area contributed by atoms with Crippen molar-refractivity contribution in [3.05, 3.63) is 65.5 Å². The zero-order valence-electron chi connectivity index (χ0n) is 11.4. The van der Waals surface area contributed by atoms with E-state index in [4.69, 9.17) is 5.73 Å². The Morgan fingerprint density at radius 3 is 2.60 bits per heavy atom. The Hall–Kier alpha value is -2.20. The third-order valence-electron chi connectivity index (χ3n) is 3.12. The molecule has 104 valence electrons. The number of amides is 1. The summed E-state index contributed by atoms with van der Waals surface area (Å²) >= 11 is 0. The summed E-state index contributed by atoms with van der Waals surface area (Å²) in [5.41, 5.74) is 8.44. The summed E-state index contributed by atoms with van der Waals surface area (Å²) < 4.78 is 0. The maximum absolute atomic E-state index is 12.2. The van der Waals surface area contributed by atoms with Gasteiger partial charge in [0.15, 0.2) is 0 Å². The van der Waals surface area contributed by atoms with E-state index >= 15 is 0 Å². The molecule has 0 unspecified atom stereocenters. The number of pyridine rings is 1. The lowest BCUT2D eigenvalue weighted by molar-refractivity contribution is 0.0953. The zero-order chi connectivity index (χ0) is 14.2. The van der Waals surface area contributed by atoms with Gasteiger partial charge in [-0.15, -0.1) is 0 Å². The molecule has 0 spiro atoms. The largest absolute Gasteiger partial charge is 0.352 e. The first-order chi connectivity index (χ1) is 9.81. The SMILES string of the molecule is NCCc1ccccc1C(=O)NCCc1ccncc1. The van der Waals surface area contributed by atoms with Gasteiger partial charge in [0.25, 0.3) is 5.91 Å². The van der Waals surface area contributed by atoms with E-state index in [1.165, 1.54) is 0 Å². The lowest BCUT2D eigenvalue weighted by Gasteiger charge is -2.09. The molecule has 0 bridgehead atoms. The highest BCUT2D eigenvalue weighted by molar-refractivity contribution is 5.95. The number of nitrogens with one attached hydrogen (secondary N) is 1. The Balaban J connectivity index is 1.92. The van der Waals surface area contributed by atoms with Gasteiger partial charge in [-0.25, -0.2) is 0 Å². The quantitative estimate of drug-likeness (QED) is 0.836. The van der Waals surface area contributed by atoms with Crippen LogP contribution in [0.5, 0.6) is 0 Å². The van der Waals surface area contributed by atoms with Crippen LogP contribution in [0.15, 0.2) is 48.8 Å². The Morgan fingerprint density at radius 2 is 1.85 bits per heavy atom. The topological polar surface area (TPSA) is 68.0 Å². The molecule has 4 heteroatoms. The minimum Gasteiger partial charge on any atom is -0.352 e. The third-order valence-corrected chi connectivity index (χ3v) is 3.12. The molecular weight excluding hydrogens is 250 g/mol. The maximum Gasteiger partial charge on any atom is 0.251 e. The van der Waals surface area contributed by atoms with Crippen LogP contribution in [0.2, 0.25) is 0 Å². The van der Waals surface area contributed by atoms with Crippen LogP contribution in [-0.2, 0) is 12.8 Å². The second-order valence-corrected chi connectivity index (χ2v) is 4.56. The van der Waals surface area contributed by atoms with Crippen LogP contribution in [-0.4, -0.2) is 24.0 Å². The smallest absolute Gasteiger partial charge is 0.251 e. The summed E-state index contributed by atoms with van der Waals surface area (Å²) in [6, 6.07) is 11.5. The van der Waals surface area contributed by atoms with E-state index in [0.29, 0.717) is 25.1 Å². The van der Waals surface area contributed by atoms with Crippen LogP contribution < -0.4 is 11.1 Å². The van der Waals surface area contributed by atoms with Gasteiger partial charge in [0.2, 0.25) is 0 Å². The first kappa shape index (κ1) is 14.2. The van der Waals surface area contributed by atoms with Crippen molar-refractivity contribution < 1.29 is 4.79 Å². The van der Waals surface area contributed by atoms with Crippen LogP contribution in [0.25, 0.3) is 0 Å². The molecule has 20 heavy (non-hydrogen) atoms. The van der Waals surface area contributed by atoms with Crippen LogP contribution in [0.1, 0.15) is 21.5 Å². The van der Waals surface area contributed by atoms with E-state index in [1.807, 2.05) is 36.4 Å². The second-order valence-electron chi connectivity index (χ2n) is 4.56. The molecule has 2 aromatic rings. The summed E-state index contributed by atoms with van der Waals surface area (Å²) in [6.45, 7) is 1.15. The molecule has 0 aliphatic rings. The normalized spacial score (nSPS) is 10.2. The predicted molar refractivity (Wildman–Crippen MR) is 79.5 cm³/mol. The minimum absolute atomic E-state index is 0.0388. The van der Waals surface area contributed by atoms with Crippen molar-refractivity contribution in [2.45, 2.75) is 12.8 Å². The van der Waals surface area contributed by atoms with Crippen molar-refractivity contribution in [3.63, 3.8) is 0 Å². The van der Waals surface area contributed by atoms with Gasteiger partial charge in [0.05, 0.1) is 0 Å². The number of aromatic nitrogens is 1. The van der Waals surface area contributed by atoms with Gasteiger partial charge in [-0.2, -0.15) is 0 Å². The molecule has 1 heterocycles. The monoisotopic (exact) mass is 269 g/mol. The van der Waals surface area contributed by atoms with Gasteiger partial charge in [0.1, 0.15) is 0 Å². The van der Waals surface area contributed by atoms with Crippen molar-refractivity contribution in [2.24, 2.45) is 5.73 Å². The van der Waals surface area contributed by atoms with Crippen LogP contribution in [0.3, 0.4) is 0 Å². The molecule has 3 N–H and O–H groups in total. The average molecular weight is 269 g/mol. The van der Waals surface area contributed by atoms with Gasteiger partial charge in [-0.3, -0.25) is 9.78 Å². The van der Waals surface area contributed by atoms with Crippen LogP contribution in [0, 0.1) is 0 Å². The molecule has 1 aromatic heterocycles. The van der Waals surface area contributed by atoms with Gasteiger partial charge < -0.3 is 11.1 Å². The second kappa shape index (κ2) is 7.40. The molecular formula is C16H19N3O. The summed E-state index contributed by atoms with van der Waals surface area (Å²) in [6.07, 6.45) is 5.03. The van der Waals surface area contributed by atoms with E-state index in [9.17, 15) is 4.79 Å². The van der Waals surface area contributed by atoms with E-state index in [-0.39, 0.29) is 5.91 Å². The highest BCUT2D eigenvalue weighted by Gasteiger charge is 2.09. The van der Waals surface area contributed by atoms with Gasteiger partial charge in [-0.05, 0) is 48.7 Å². The number of rotatable bonds is 6. The Bertz CT molecular complexity index is 555. The molecule has 0 aliphatic carbocycles. The van der Waals surface area contributed by atoms with Gasteiger partial charge >= 0.3 is 0 Å². The molecule has 0 fully saturated rings. The molecule has 0 atom stereocenters. The predicted octanol–water partition coefficient (Wildman–Crippen LogP) is 1.56. The van der Waals surface area contributed by atoms with E-state index in [1.54, 1.807) is 12.4 Å². The number of nitrogens with two attached hydrogens (primary N) is 1. The Kier molecular flexibility index (Phi) is 5.26. The summed E-state index contributed by atoms with van der Waals surface area (Å²) in [4.78, 5) is 16.1. The fraction of sp³-hybridized carbons (Fsp3) is 0.250. The molecule has 2 rings (SSSR count). The first-order valence-electron chi connectivity index (χ1n) is 6.76. The summed E-state index contributed by atoms with van der Waals surface area (Å²) in [5.74, 6) is -0.0388. The highest BCUT2D eigenvalue weighted by Crippen LogP contribution is 2.09. The van der Waals surface area contributed by atoms with Crippen LogP contribution >= 0.6 is 0 Å². The fourth-order valence-corrected chi connectivity index (χ4v) is 2.08. The van der Waals surface area contributed by atoms with Gasteiger partial charge in [-0.1, -0.05) is 18.2 Å². The molecule has 1 amide bonds. The number of benzene rings is 1. The van der Waals surface area contributed by atoms with Crippen LogP contribution in [0.4, 0.5) is 0 Å². The molecule has 0 aliphatic heterocycles. The highest BCUT2D eigenvalue weighted by atomic mass is 16.1. The molecule has 4 nitrogen and oxygen atoms in total. The summed E-state index contributed by atoms with van der Waals surface area (Å²) in [5, 5.41) is 2.95. The lowest BCUT2D eigenvalue weighted by atomic mass is 10.0. The van der Waals surface area contributed by atoms with E-state index in [2.05, 4.69) is 10.3 Å². The van der Waals surface area contributed by atoms with Crippen molar-refractivity contribution in [1.82, 2.24) is 10.3 Å². The van der Waals surface area contributed by atoms with Crippen molar-refractivity contribution in [2.75, 3.05) is 13.1 Å². The fourth-order valence-electron chi connectivity index (χ4n) is 2.08. The molecule has 0 saturated heterocycles. The Morgan fingerprint density at radius 1 is 1.10 bits per heavy atom. The van der Waals surface area contributed by atoms with E-state index < -0.39 is 0 Å². The Labute approximate surface area is 119 Å². The number of carbonyl (C=O) groups excluding carboxylic acids is 1. The standard InChI is InChI=1S/C16H19N3O/c17-9-5-14-3-1-2-4-15(14)16(20)19-12-8-13-6-10-18-11-7-13/h1-4,6-7,10-11H,5,8-9,12,17H2,(H,19,20). The van der Waals surface area contributed by atoms with Gasteiger partial charge in [0, 0.05) is 24.5 Å². The van der Waals surface area contributed by atoms with Crippen molar-refractivity contribution in [3.8, 4) is 0 Å². The van der Waals surface area contributed by atoms with E-state index in [0.717, 1.165) is 17.5 Å². The average Bonchev–Trinajstić information content (AvgIpc) is 2.49. The number of hydrogen-bond acceptors (Lipinski definition) is 3. The number of hydrogen-bond donors (Lipinski definition) is 2. The molecule has 0 radical (unpaired) electrons. The third kappa shape index (κ3) is 3.90. The molecule has 0 saturated carbocycles. The minimum atomic E-state index is -0.0388. The number of nitrogens with zero attached hydrogens (tertiary/aromatic N) is 1. The number of carbonyl (C=O) groups is 1. The van der Waals surface area contributed by atoms with Crippen molar-refractivity contribution >= 4 is 5.91 Å². The zero-order valence-corrected chi connectivity index (χ0v) is 11.4. The molecule has 1 aromatic carbocycles. The lowest BCUT2D eigenvalue weighted by Crippen LogP contribution is -2.27. The maximum atomic E-state index is 12.2. The van der Waals surface area contributed by atoms with Crippen molar-refractivity contribution in [1.29, 1.82) is 0 Å². The summed E-state index contributed by atoms with van der Waals surface area (Å²) in [7, 11) is 0. The first-order valence-corrected chi connectivity index (χ1v) is 6.76.